The largest absolute Gasteiger partial charge is 0.346 e. The summed E-state index contributed by atoms with van der Waals surface area (Å²) >= 11 is 0. The number of aromatic nitrogens is 3. The first kappa shape index (κ1) is 17.3. The quantitative estimate of drug-likeness (QED) is 0.716. The second kappa shape index (κ2) is 7.56. The van der Waals surface area contributed by atoms with E-state index in [9.17, 15) is 18.8 Å². The van der Waals surface area contributed by atoms with E-state index in [2.05, 4.69) is 15.3 Å². The van der Waals surface area contributed by atoms with Crippen molar-refractivity contribution < 1.29 is 9.18 Å². The minimum absolute atomic E-state index is 0.131. The first-order chi connectivity index (χ1) is 12.6. The third-order valence-electron chi connectivity index (χ3n) is 3.75. The fourth-order valence-corrected chi connectivity index (χ4v) is 2.38. The molecule has 3 aromatic rings. The van der Waals surface area contributed by atoms with Crippen molar-refractivity contribution in [3.05, 3.63) is 98.3 Å². The minimum atomic E-state index is -0.796. The van der Waals surface area contributed by atoms with E-state index in [4.69, 9.17) is 0 Å². The van der Waals surface area contributed by atoms with Gasteiger partial charge in [0.1, 0.15) is 11.4 Å². The molecule has 0 bridgehead atoms. The SMILES string of the molecule is O=C(NCc1ccccn1)c1c[nH]c(=O)n(Cc2ccccc2F)c1=O. The van der Waals surface area contributed by atoms with Crippen LogP contribution in [0.3, 0.4) is 0 Å². The molecule has 132 valence electrons. The van der Waals surface area contributed by atoms with Gasteiger partial charge < -0.3 is 10.3 Å². The highest BCUT2D eigenvalue weighted by Crippen LogP contribution is 2.06. The summed E-state index contributed by atoms with van der Waals surface area (Å²) in [5, 5.41) is 2.57. The van der Waals surface area contributed by atoms with Crippen molar-refractivity contribution in [2.75, 3.05) is 0 Å². The third-order valence-corrected chi connectivity index (χ3v) is 3.75. The molecular formula is C18H15FN4O3. The maximum atomic E-state index is 13.8. The van der Waals surface area contributed by atoms with Gasteiger partial charge >= 0.3 is 5.69 Å². The normalized spacial score (nSPS) is 10.5. The molecule has 0 fully saturated rings. The van der Waals surface area contributed by atoms with E-state index >= 15 is 0 Å². The van der Waals surface area contributed by atoms with Crippen LogP contribution in [0.15, 0.2) is 64.4 Å². The first-order valence-corrected chi connectivity index (χ1v) is 7.80. The number of benzene rings is 1. The molecule has 0 atom stereocenters. The van der Waals surface area contributed by atoms with Crippen LogP contribution in [0.4, 0.5) is 4.39 Å². The van der Waals surface area contributed by atoms with E-state index in [0.717, 1.165) is 10.8 Å². The number of H-pyrrole nitrogens is 1. The summed E-state index contributed by atoms with van der Waals surface area (Å²) in [6.07, 6.45) is 2.64. The molecule has 0 saturated heterocycles. The van der Waals surface area contributed by atoms with Crippen LogP contribution in [0.2, 0.25) is 0 Å². The molecule has 8 heteroatoms. The fourth-order valence-electron chi connectivity index (χ4n) is 2.38. The lowest BCUT2D eigenvalue weighted by Crippen LogP contribution is -2.40. The summed E-state index contributed by atoms with van der Waals surface area (Å²) in [5.41, 5.74) is -0.963. The zero-order valence-corrected chi connectivity index (χ0v) is 13.6. The monoisotopic (exact) mass is 354 g/mol. The lowest BCUT2D eigenvalue weighted by Gasteiger charge is -2.08. The smallest absolute Gasteiger partial charge is 0.328 e. The molecule has 0 saturated carbocycles. The van der Waals surface area contributed by atoms with Crippen molar-refractivity contribution in [1.29, 1.82) is 0 Å². The number of amides is 1. The number of hydrogen-bond acceptors (Lipinski definition) is 4. The zero-order valence-electron chi connectivity index (χ0n) is 13.6. The van der Waals surface area contributed by atoms with Crippen LogP contribution in [0.5, 0.6) is 0 Å². The Kier molecular flexibility index (Phi) is 5.02. The average molecular weight is 354 g/mol. The van der Waals surface area contributed by atoms with Crippen LogP contribution >= 0.6 is 0 Å². The summed E-state index contributed by atoms with van der Waals surface area (Å²) in [4.78, 5) is 43.1. The number of aromatic amines is 1. The van der Waals surface area contributed by atoms with E-state index < -0.39 is 23.0 Å². The van der Waals surface area contributed by atoms with Gasteiger partial charge in [0, 0.05) is 18.0 Å². The van der Waals surface area contributed by atoms with Gasteiger partial charge in [-0.05, 0) is 18.2 Å². The van der Waals surface area contributed by atoms with Crippen molar-refractivity contribution in [3.63, 3.8) is 0 Å². The molecule has 1 aromatic carbocycles. The summed E-state index contributed by atoms with van der Waals surface area (Å²) in [5.74, 6) is -1.19. The van der Waals surface area contributed by atoms with Crippen molar-refractivity contribution in [1.82, 2.24) is 19.9 Å². The predicted octanol–water partition coefficient (Wildman–Crippen LogP) is 1.05. The topological polar surface area (TPSA) is 96.8 Å². The number of carbonyl (C=O) groups is 1. The lowest BCUT2D eigenvalue weighted by molar-refractivity contribution is 0.0947. The van der Waals surface area contributed by atoms with E-state index in [-0.39, 0.29) is 24.2 Å². The van der Waals surface area contributed by atoms with Crippen molar-refractivity contribution in [3.8, 4) is 0 Å². The molecule has 0 aliphatic rings. The standard InChI is InChI=1S/C18H15FN4O3/c19-15-7-2-1-5-12(15)11-23-17(25)14(10-22-18(23)26)16(24)21-9-13-6-3-4-8-20-13/h1-8,10H,9,11H2,(H,21,24)(H,22,26). The van der Waals surface area contributed by atoms with Crippen molar-refractivity contribution in [2.24, 2.45) is 0 Å². The molecule has 0 aliphatic heterocycles. The summed E-state index contributed by atoms with van der Waals surface area (Å²) < 4.78 is 14.6. The molecule has 0 radical (unpaired) electrons. The Morgan fingerprint density at radius 1 is 1.15 bits per heavy atom. The minimum Gasteiger partial charge on any atom is -0.346 e. The van der Waals surface area contributed by atoms with E-state index in [1.807, 2.05) is 0 Å². The Balaban J connectivity index is 1.85. The van der Waals surface area contributed by atoms with Gasteiger partial charge in [-0.25, -0.2) is 9.18 Å². The molecule has 3 rings (SSSR count). The Hall–Kier alpha value is -3.55. The molecular weight excluding hydrogens is 339 g/mol. The zero-order chi connectivity index (χ0) is 18.5. The first-order valence-electron chi connectivity index (χ1n) is 7.80. The molecule has 2 N–H and O–H groups in total. The van der Waals surface area contributed by atoms with Gasteiger partial charge in [-0.3, -0.25) is 19.1 Å². The molecule has 2 heterocycles. The lowest BCUT2D eigenvalue weighted by atomic mass is 10.2. The van der Waals surface area contributed by atoms with Crippen LogP contribution < -0.4 is 16.6 Å². The Labute approximate surface area is 147 Å². The molecule has 26 heavy (non-hydrogen) atoms. The number of carbonyl (C=O) groups excluding carboxylic acids is 1. The van der Waals surface area contributed by atoms with Crippen LogP contribution in [-0.2, 0) is 13.1 Å². The highest BCUT2D eigenvalue weighted by Gasteiger charge is 2.15. The molecule has 1 amide bonds. The Morgan fingerprint density at radius 3 is 2.65 bits per heavy atom. The van der Waals surface area contributed by atoms with Crippen LogP contribution in [-0.4, -0.2) is 20.4 Å². The van der Waals surface area contributed by atoms with Crippen molar-refractivity contribution in [2.45, 2.75) is 13.1 Å². The summed E-state index contributed by atoms with van der Waals surface area (Å²) in [6.45, 7) is -0.145. The Bertz CT molecular complexity index is 1040. The maximum Gasteiger partial charge on any atom is 0.328 e. The van der Waals surface area contributed by atoms with Gasteiger partial charge in [0.2, 0.25) is 0 Å². The van der Waals surface area contributed by atoms with Gasteiger partial charge in [-0.2, -0.15) is 0 Å². The number of nitrogens with zero attached hydrogens (tertiary/aromatic N) is 2. The summed E-state index contributed by atoms with van der Waals surface area (Å²) in [6, 6.07) is 11.1. The molecule has 7 nitrogen and oxygen atoms in total. The van der Waals surface area contributed by atoms with Crippen LogP contribution in [0.1, 0.15) is 21.6 Å². The van der Waals surface area contributed by atoms with Crippen LogP contribution in [0.25, 0.3) is 0 Å². The van der Waals surface area contributed by atoms with E-state index in [0.29, 0.717) is 5.69 Å². The maximum absolute atomic E-state index is 13.8. The molecule has 2 aromatic heterocycles. The average Bonchev–Trinajstić information content (AvgIpc) is 2.65. The van der Waals surface area contributed by atoms with E-state index in [1.54, 1.807) is 30.5 Å². The predicted molar refractivity (Wildman–Crippen MR) is 92.2 cm³/mol. The van der Waals surface area contributed by atoms with Gasteiger partial charge in [-0.1, -0.05) is 24.3 Å². The van der Waals surface area contributed by atoms with Crippen molar-refractivity contribution >= 4 is 5.91 Å². The second-order valence-electron chi connectivity index (χ2n) is 5.49. The van der Waals surface area contributed by atoms with E-state index in [1.165, 1.54) is 18.2 Å². The molecule has 0 aliphatic carbocycles. The number of pyridine rings is 1. The summed E-state index contributed by atoms with van der Waals surface area (Å²) in [7, 11) is 0. The highest BCUT2D eigenvalue weighted by atomic mass is 19.1. The molecule has 0 spiro atoms. The highest BCUT2D eigenvalue weighted by molar-refractivity contribution is 5.93. The molecule has 0 unspecified atom stereocenters. The number of hydrogen-bond donors (Lipinski definition) is 2. The Morgan fingerprint density at radius 2 is 1.92 bits per heavy atom. The fraction of sp³-hybridized carbons (Fsp3) is 0.111. The number of rotatable bonds is 5. The van der Waals surface area contributed by atoms with Gasteiger partial charge in [-0.15, -0.1) is 0 Å². The number of nitrogens with one attached hydrogen (secondary N) is 2. The second-order valence-corrected chi connectivity index (χ2v) is 5.49. The van der Waals surface area contributed by atoms with Gasteiger partial charge in [0.05, 0.1) is 18.8 Å². The number of halogens is 1. The van der Waals surface area contributed by atoms with Crippen LogP contribution in [0, 0.1) is 5.82 Å². The third kappa shape index (κ3) is 3.75. The van der Waals surface area contributed by atoms with Gasteiger partial charge in [0.25, 0.3) is 11.5 Å². The van der Waals surface area contributed by atoms with Gasteiger partial charge in [0.15, 0.2) is 0 Å².